The minimum atomic E-state index is -4.37. The van der Waals surface area contributed by atoms with Crippen molar-refractivity contribution in [1.82, 2.24) is 0 Å². The van der Waals surface area contributed by atoms with Crippen LogP contribution in [0.4, 0.5) is 18.9 Å². The van der Waals surface area contributed by atoms with Gasteiger partial charge in [0.2, 0.25) is 0 Å². The molecule has 5 heteroatoms. The second-order valence-electron chi connectivity index (χ2n) is 2.72. The lowest BCUT2D eigenvalue weighted by molar-refractivity contribution is -0.136. The second kappa shape index (κ2) is 4.09. The number of nitrogens with one attached hydrogen (secondary N) is 1. The molecule has 0 spiro atoms. The number of alkyl halides is 3. The van der Waals surface area contributed by atoms with Gasteiger partial charge in [-0.2, -0.15) is 13.2 Å². The number of rotatable bonds is 2. The van der Waals surface area contributed by atoms with Crippen LogP contribution in [0.2, 0.25) is 5.02 Å². The van der Waals surface area contributed by atoms with Gasteiger partial charge in [0, 0.05) is 17.3 Å². The van der Waals surface area contributed by atoms with E-state index in [0.29, 0.717) is 6.54 Å². The van der Waals surface area contributed by atoms with Crippen molar-refractivity contribution in [2.45, 2.75) is 13.1 Å². The van der Waals surface area contributed by atoms with E-state index in [1.54, 1.807) is 6.92 Å². The number of halogens is 4. The van der Waals surface area contributed by atoms with Gasteiger partial charge >= 0.3 is 6.18 Å². The highest BCUT2D eigenvalue weighted by Gasteiger charge is 2.33. The molecule has 0 aliphatic heterocycles. The lowest BCUT2D eigenvalue weighted by atomic mass is 10.1. The van der Waals surface area contributed by atoms with Gasteiger partial charge in [-0.3, -0.25) is 0 Å². The largest absolute Gasteiger partial charge is 0.418 e. The van der Waals surface area contributed by atoms with Gasteiger partial charge in [-0.25, -0.2) is 0 Å². The summed E-state index contributed by atoms with van der Waals surface area (Å²) in [6.07, 6.45) is -4.37. The van der Waals surface area contributed by atoms with Crippen LogP contribution < -0.4 is 5.32 Å². The molecule has 1 aromatic carbocycles. The van der Waals surface area contributed by atoms with Crippen LogP contribution in [0.5, 0.6) is 0 Å². The Morgan fingerprint density at radius 2 is 2.00 bits per heavy atom. The summed E-state index contributed by atoms with van der Waals surface area (Å²) in [4.78, 5) is 0. The molecule has 0 aliphatic carbocycles. The molecule has 0 atom stereocenters. The SMILES string of the molecule is CCNc1ccc(Cl)cc1C(F)(F)F. The molecule has 0 aromatic heterocycles. The molecule has 0 saturated heterocycles. The van der Waals surface area contributed by atoms with Crippen LogP contribution in [0, 0.1) is 0 Å². The van der Waals surface area contributed by atoms with Crippen molar-refractivity contribution in [2.75, 3.05) is 11.9 Å². The van der Waals surface area contributed by atoms with Crippen LogP contribution >= 0.6 is 11.6 Å². The smallest absolute Gasteiger partial charge is 0.385 e. The quantitative estimate of drug-likeness (QED) is 0.804. The maximum atomic E-state index is 12.5. The van der Waals surface area contributed by atoms with Gasteiger partial charge in [-0.05, 0) is 25.1 Å². The summed E-state index contributed by atoms with van der Waals surface area (Å²) < 4.78 is 37.4. The zero-order chi connectivity index (χ0) is 10.8. The maximum absolute atomic E-state index is 12.5. The molecule has 0 fully saturated rings. The minimum absolute atomic E-state index is 0.0596. The van der Waals surface area contributed by atoms with E-state index in [-0.39, 0.29) is 10.7 Å². The Morgan fingerprint density at radius 1 is 1.36 bits per heavy atom. The summed E-state index contributed by atoms with van der Waals surface area (Å²) >= 11 is 5.50. The van der Waals surface area contributed by atoms with Crippen LogP contribution in [0.1, 0.15) is 12.5 Å². The predicted octanol–water partition coefficient (Wildman–Crippen LogP) is 3.79. The zero-order valence-electron chi connectivity index (χ0n) is 7.45. The van der Waals surface area contributed by atoms with Crippen LogP contribution in [0.3, 0.4) is 0 Å². The molecule has 0 saturated carbocycles. The number of hydrogen-bond acceptors (Lipinski definition) is 1. The zero-order valence-corrected chi connectivity index (χ0v) is 8.21. The first-order valence-corrected chi connectivity index (χ1v) is 4.43. The fraction of sp³-hybridized carbons (Fsp3) is 0.333. The fourth-order valence-electron chi connectivity index (χ4n) is 1.10. The highest BCUT2D eigenvalue weighted by atomic mass is 35.5. The molecule has 78 valence electrons. The van der Waals surface area contributed by atoms with E-state index in [1.807, 2.05) is 0 Å². The topological polar surface area (TPSA) is 12.0 Å². The molecule has 1 nitrogen and oxygen atoms in total. The molecule has 1 aromatic rings. The molecular weight excluding hydrogens is 215 g/mol. The standard InChI is InChI=1S/C9H9ClF3N/c1-2-14-8-4-3-6(10)5-7(8)9(11,12)13/h3-5,14H,2H2,1H3. The van der Waals surface area contributed by atoms with Gasteiger partial charge in [-0.15, -0.1) is 0 Å². The van der Waals surface area contributed by atoms with Crippen LogP contribution in [-0.2, 0) is 6.18 Å². The Hall–Kier alpha value is -0.900. The molecule has 0 heterocycles. The minimum Gasteiger partial charge on any atom is -0.385 e. The van der Waals surface area contributed by atoms with Crippen LogP contribution in [0.25, 0.3) is 0 Å². The van der Waals surface area contributed by atoms with E-state index in [1.165, 1.54) is 12.1 Å². The molecule has 0 bridgehead atoms. The molecule has 1 rings (SSSR count). The average Bonchev–Trinajstić information content (AvgIpc) is 2.07. The summed E-state index contributed by atoms with van der Waals surface area (Å²) in [5, 5.41) is 2.71. The van der Waals surface area contributed by atoms with E-state index in [9.17, 15) is 13.2 Å². The lowest BCUT2D eigenvalue weighted by Gasteiger charge is -2.13. The summed E-state index contributed by atoms with van der Waals surface area (Å²) in [6.45, 7) is 2.17. The third-order valence-corrected chi connectivity index (χ3v) is 1.89. The van der Waals surface area contributed by atoms with E-state index in [0.717, 1.165) is 6.07 Å². The highest BCUT2D eigenvalue weighted by molar-refractivity contribution is 6.30. The molecule has 14 heavy (non-hydrogen) atoms. The third-order valence-electron chi connectivity index (χ3n) is 1.65. The molecule has 1 N–H and O–H groups in total. The molecule has 0 unspecified atom stereocenters. The van der Waals surface area contributed by atoms with Gasteiger partial charge in [0.15, 0.2) is 0 Å². The normalized spacial score (nSPS) is 11.5. The van der Waals surface area contributed by atoms with Gasteiger partial charge in [0.25, 0.3) is 0 Å². The van der Waals surface area contributed by atoms with Crippen molar-refractivity contribution < 1.29 is 13.2 Å². The fourth-order valence-corrected chi connectivity index (χ4v) is 1.27. The van der Waals surface area contributed by atoms with Gasteiger partial charge in [0.1, 0.15) is 0 Å². The second-order valence-corrected chi connectivity index (χ2v) is 3.15. The van der Waals surface area contributed by atoms with E-state index in [4.69, 9.17) is 11.6 Å². The Kier molecular flexibility index (Phi) is 3.26. The van der Waals surface area contributed by atoms with Gasteiger partial charge in [0.05, 0.1) is 5.56 Å². The van der Waals surface area contributed by atoms with Crippen LogP contribution in [-0.4, -0.2) is 6.54 Å². The van der Waals surface area contributed by atoms with Gasteiger partial charge in [-0.1, -0.05) is 11.6 Å². The van der Waals surface area contributed by atoms with Crippen molar-refractivity contribution in [3.8, 4) is 0 Å². The summed E-state index contributed by atoms with van der Waals surface area (Å²) in [5.74, 6) is 0. The number of benzene rings is 1. The predicted molar refractivity (Wildman–Crippen MR) is 50.6 cm³/mol. The lowest BCUT2D eigenvalue weighted by Crippen LogP contribution is -2.10. The van der Waals surface area contributed by atoms with E-state index in [2.05, 4.69) is 5.32 Å². The third kappa shape index (κ3) is 2.54. The first kappa shape index (κ1) is 11.2. The Labute approximate surface area is 84.9 Å². The van der Waals surface area contributed by atoms with Crippen LogP contribution in [0.15, 0.2) is 18.2 Å². The highest BCUT2D eigenvalue weighted by Crippen LogP contribution is 2.36. The first-order chi connectivity index (χ1) is 6.45. The first-order valence-electron chi connectivity index (χ1n) is 4.05. The molecular formula is C9H9ClF3N. The average molecular weight is 224 g/mol. The van der Waals surface area contributed by atoms with Gasteiger partial charge < -0.3 is 5.32 Å². The Balaban J connectivity index is 3.16. The van der Waals surface area contributed by atoms with Crippen molar-refractivity contribution in [2.24, 2.45) is 0 Å². The number of hydrogen-bond donors (Lipinski definition) is 1. The maximum Gasteiger partial charge on any atom is 0.418 e. The number of anilines is 1. The van der Waals surface area contributed by atoms with E-state index < -0.39 is 11.7 Å². The van der Waals surface area contributed by atoms with Crippen molar-refractivity contribution in [3.63, 3.8) is 0 Å². The summed E-state index contributed by atoms with van der Waals surface area (Å²) in [7, 11) is 0. The van der Waals surface area contributed by atoms with Crippen molar-refractivity contribution in [3.05, 3.63) is 28.8 Å². The Morgan fingerprint density at radius 3 is 2.50 bits per heavy atom. The monoisotopic (exact) mass is 223 g/mol. The molecule has 0 amide bonds. The van der Waals surface area contributed by atoms with Crippen molar-refractivity contribution in [1.29, 1.82) is 0 Å². The summed E-state index contributed by atoms with van der Waals surface area (Å²) in [6, 6.07) is 3.67. The molecule has 0 aliphatic rings. The molecule has 0 radical (unpaired) electrons. The summed E-state index contributed by atoms with van der Waals surface area (Å²) in [5.41, 5.74) is -0.670. The van der Waals surface area contributed by atoms with Crippen molar-refractivity contribution >= 4 is 17.3 Å². The Bertz CT molecular complexity index is 322. The van der Waals surface area contributed by atoms with E-state index >= 15 is 0 Å².